The quantitative estimate of drug-likeness (QED) is 0.405. The van der Waals surface area contributed by atoms with Gasteiger partial charge in [-0.15, -0.1) is 0 Å². The van der Waals surface area contributed by atoms with E-state index in [0.29, 0.717) is 22.3 Å². The number of nitrogens with one attached hydrogen (secondary N) is 1. The topological polar surface area (TPSA) is 81.3 Å². The van der Waals surface area contributed by atoms with Gasteiger partial charge in [0.05, 0.1) is 30.5 Å². The number of methoxy groups -OCH3 is 2. The molecule has 164 valence electrons. The van der Waals surface area contributed by atoms with Crippen LogP contribution in [0.1, 0.15) is 0 Å². The summed E-state index contributed by atoms with van der Waals surface area (Å²) in [4.78, 5) is 8.49. The highest BCUT2D eigenvalue weighted by Crippen LogP contribution is 2.36. The van der Waals surface area contributed by atoms with E-state index in [1.807, 2.05) is 30.3 Å². The Bertz CT molecular complexity index is 1360. The van der Waals surface area contributed by atoms with Crippen LogP contribution < -0.4 is 9.47 Å². The second-order valence-electron chi connectivity index (χ2n) is 7.18. The molecule has 0 aliphatic heterocycles. The molecular formula is C24H21ClN2O4S. The first-order chi connectivity index (χ1) is 15.3. The molecule has 1 aromatic heterocycles. The van der Waals surface area contributed by atoms with Crippen LogP contribution in [0.15, 0.2) is 71.6 Å². The number of H-pyrrole nitrogens is 1. The Labute approximate surface area is 191 Å². The van der Waals surface area contributed by atoms with Gasteiger partial charge in [-0.3, -0.25) is 0 Å². The molecule has 0 saturated carbocycles. The van der Waals surface area contributed by atoms with Crippen molar-refractivity contribution in [1.82, 2.24) is 9.97 Å². The third-order valence-corrected chi connectivity index (χ3v) is 6.43. The molecule has 4 aromatic rings. The Morgan fingerprint density at radius 2 is 1.41 bits per heavy atom. The largest absolute Gasteiger partial charge is 0.493 e. The summed E-state index contributed by atoms with van der Waals surface area (Å²) in [5.74, 6) is 1.85. The van der Waals surface area contributed by atoms with E-state index in [2.05, 4.69) is 4.98 Å². The third kappa shape index (κ3) is 4.35. The van der Waals surface area contributed by atoms with E-state index in [1.165, 1.54) is 6.26 Å². The van der Waals surface area contributed by atoms with E-state index in [-0.39, 0.29) is 4.90 Å². The van der Waals surface area contributed by atoms with Crippen LogP contribution in [-0.2, 0) is 9.84 Å². The minimum atomic E-state index is -3.29. The van der Waals surface area contributed by atoms with E-state index < -0.39 is 9.84 Å². The van der Waals surface area contributed by atoms with Crippen LogP contribution in [0.5, 0.6) is 11.5 Å². The van der Waals surface area contributed by atoms with Gasteiger partial charge in [0.2, 0.25) is 0 Å². The summed E-state index contributed by atoms with van der Waals surface area (Å²) in [5, 5.41) is 0.628. The van der Waals surface area contributed by atoms with Gasteiger partial charge in [0.25, 0.3) is 0 Å². The summed E-state index contributed by atoms with van der Waals surface area (Å²) in [7, 11) is -0.122. The molecular weight excluding hydrogens is 448 g/mol. The normalized spacial score (nSPS) is 11.4. The van der Waals surface area contributed by atoms with E-state index in [9.17, 15) is 8.42 Å². The number of ether oxygens (including phenoxy) is 2. The lowest BCUT2D eigenvalue weighted by Gasteiger charge is -2.08. The highest BCUT2D eigenvalue weighted by Gasteiger charge is 2.17. The minimum Gasteiger partial charge on any atom is -0.493 e. The maximum Gasteiger partial charge on any atom is 0.175 e. The number of sulfone groups is 1. The van der Waals surface area contributed by atoms with Gasteiger partial charge >= 0.3 is 0 Å². The molecule has 1 N–H and O–H groups in total. The van der Waals surface area contributed by atoms with Crippen LogP contribution >= 0.6 is 11.6 Å². The van der Waals surface area contributed by atoms with Crippen molar-refractivity contribution in [2.45, 2.75) is 4.90 Å². The fourth-order valence-electron chi connectivity index (χ4n) is 3.39. The molecule has 8 heteroatoms. The monoisotopic (exact) mass is 468 g/mol. The number of imidazole rings is 1. The molecule has 0 bridgehead atoms. The molecule has 0 fully saturated rings. The molecule has 4 rings (SSSR count). The lowest BCUT2D eigenvalue weighted by Crippen LogP contribution is -1.96. The summed E-state index contributed by atoms with van der Waals surface area (Å²) in [5.41, 5.74) is 3.98. The predicted octanol–water partition coefficient (Wildman–Crippen LogP) is 5.48. The Morgan fingerprint density at radius 1 is 0.812 bits per heavy atom. The first-order valence-corrected chi connectivity index (χ1v) is 12.0. The molecule has 3 aromatic carbocycles. The number of halogens is 1. The summed E-state index contributed by atoms with van der Waals surface area (Å²) >= 11 is 6.07. The van der Waals surface area contributed by atoms with Crippen molar-refractivity contribution in [3.05, 3.63) is 71.8 Å². The van der Waals surface area contributed by atoms with Crippen molar-refractivity contribution in [1.29, 1.82) is 0 Å². The smallest absolute Gasteiger partial charge is 0.175 e. The van der Waals surface area contributed by atoms with E-state index in [0.717, 1.165) is 28.1 Å². The van der Waals surface area contributed by atoms with Crippen LogP contribution in [0.3, 0.4) is 0 Å². The zero-order valence-corrected chi connectivity index (χ0v) is 19.3. The van der Waals surface area contributed by atoms with Crippen LogP contribution in [0.4, 0.5) is 0 Å². The molecule has 0 saturated heterocycles. The Morgan fingerprint density at radius 3 is 2.00 bits per heavy atom. The second kappa shape index (κ2) is 8.68. The molecule has 0 spiro atoms. The van der Waals surface area contributed by atoms with Crippen LogP contribution in [-0.4, -0.2) is 38.9 Å². The minimum absolute atomic E-state index is 0.258. The predicted molar refractivity (Wildman–Crippen MR) is 126 cm³/mol. The number of rotatable bonds is 6. The van der Waals surface area contributed by atoms with Gasteiger partial charge < -0.3 is 14.5 Å². The number of aromatic amines is 1. The second-order valence-corrected chi connectivity index (χ2v) is 9.63. The highest BCUT2D eigenvalue weighted by molar-refractivity contribution is 7.90. The standard InChI is InChI=1S/C24H21ClN2O4S/c1-30-20-13-8-17(14-21(20)31-2)24-26-22(15-4-9-18(25)10-5-15)23(27-24)16-6-11-19(12-7-16)32(3,28)29/h4-14H,1-3H3,(H,26,27). The van der Waals surface area contributed by atoms with Crippen molar-refractivity contribution in [2.24, 2.45) is 0 Å². The number of hydrogen-bond donors (Lipinski definition) is 1. The van der Waals surface area contributed by atoms with Gasteiger partial charge in [-0.25, -0.2) is 13.4 Å². The van der Waals surface area contributed by atoms with Gasteiger partial charge in [-0.1, -0.05) is 35.9 Å². The molecule has 1 heterocycles. The molecule has 0 aliphatic rings. The summed E-state index contributed by atoms with van der Waals surface area (Å²) in [6.45, 7) is 0. The maximum atomic E-state index is 11.8. The Kier molecular flexibility index (Phi) is 5.95. The molecule has 0 atom stereocenters. The van der Waals surface area contributed by atoms with Gasteiger partial charge in [0, 0.05) is 28.0 Å². The van der Waals surface area contributed by atoms with Gasteiger partial charge in [0.1, 0.15) is 5.82 Å². The van der Waals surface area contributed by atoms with Gasteiger partial charge in [-0.2, -0.15) is 0 Å². The average molecular weight is 469 g/mol. The van der Waals surface area contributed by atoms with E-state index in [1.54, 1.807) is 50.6 Å². The van der Waals surface area contributed by atoms with E-state index in [4.69, 9.17) is 26.1 Å². The number of benzene rings is 3. The van der Waals surface area contributed by atoms with Crippen molar-refractivity contribution >= 4 is 21.4 Å². The maximum absolute atomic E-state index is 11.8. The van der Waals surface area contributed by atoms with Crippen molar-refractivity contribution in [3.8, 4) is 45.4 Å². The third-order valence-electron chi connectivity index (χ3n) is 5.05. The van der Waals surface area contributed by atoms with E-state index >= 15 is 0 Å². The Hall–Kier alpha value is -3.29. The zero-order chi connectivity index (χ0) is 22.9. The molecule has 0 radical (unpaired) electrons. The fraction of sp³-hybridized carbons (Fsp3) is 0.125. The highest BCUT2D eigenvalue weighted by atomic mass is 35.5. The van der Waals surface area contributed by atoms with Gasteiger partial charge in [0.15, 0.2) is 21.3 Å². The fourth-order valence-corrected chi connectivity index (χ4v) is 4.14. The average Bonchev–Trinajstić information content (AvgIpc) is 3.24. The molecule has 0 unspecified atom stereocenters. The summed E-state index contributed by atoms with van der Waals surface area (Å²) < 4.78 is 34.4. The first-order valence-electron chi connectivity index (χ1n) is 9.69. The first kappa shape index (κ1) is 21.9. The van der Waals surface area contributed by atoms with Crippen LogP contribution in [0.25, 0.3) is 33.9 Å². The lowest BCUT2D eigenvalue weighted by molar-refractivity contribution is 0.355. The summed E-state index contributed by atoms with van der Waals surface area (Å²) in [6, 6.07) is 19.7. The number of aromatic nitrogens is 2. The Balaban J connectivity index is 1.87. The van der Waals surface area contributed by atoms with Gasteiger partial charge in [-0.05, 0) is 42.5 Å². The van der Waals surface area contributed by atoms with Crippen molar-refractivity contribution in [2.75, 3.05) is 20.5 Å². The van der Waals surface area contributed by atoms with Crippen LogP contribution in [0, 0.1) is 0 Å². The molecule has 0 amide bonds. The molecule has 32 heavy (non-hydrogen) atoms. The number of hydrogen-bond acceptors (Lipinski definition) is 5. The molecule has 6 nitrogen and oxygen atoms in total. The summed E-state index contributed by atoms with van der Waals surface area (Å²) in [6.07, 6.45) is 1.19. The molecule has 0 aliphatic carbocycles. The SMILES string of the molecule is COc1ccc(-c2nc(-c3ccc(Cl)cc3)c(-c3ccc(S(C)(=O)=O)cc3)[nH]2)cc1OC. The van der Waals surface area contributed by atoms with Crippen LogP contribution in [0.2, 0.25) is 5.02 Å². The van der Waals surface area contributed by atoms with Crippen molar-refractivity contribution < 1.29 is 17.9 Å². The zero-order valence-electron chi connectivity index (χ0n) is 17.7. The lowest BCUT2D eigenvalue weighted by atomic mass is 10.1. The van der Waals surface area contributed by atoms with Crippen molar-refractivity contribution in [3.63, 3.8) is 0 Å². The number of nitrogens with zero attached hydrogens (tertiary/aromatic N) is 1.